The highest BCUT2D eigenvalue weighted by molar-refractivity contribution is 5.64. The zero-order valence-electron chi connectivity index (χ0n) is 18.3. The minimum absolute atomic E-state index is 0. The van der Waals surface area contributed by atoms with Crippen molar-refractivity contribution in [2.75, 3.05) is 56.2 Å². The van der Waals surface area contributed by atoms with Crippen LogP contribution in [-0.2, 0) is 4.74 Å². The van der Waals surface area contributed by atoms with E-state index >= 15 is 0 Å². The third kappa shape index (κ3) is 4.57. The number of piperazine rings is 1. The van der Waals surface area contributed by atoms with E-state index in [1.807, 2.05) is 30.3 Å². The van der Waals surface area contributed by atoms with Crippen LogP contribution in [0.1, 0.15) is 13.9 Å². The molecule has 1 N–H and O–H groups in total. The van der Waals surface area contributed by atoms with Gasteiger partial charge < -0.3 is 15.0 Å². The van der Waals surface area contributed by atoms with E-state index in [2.05, 4.69) is 57.2 Å². The third-order valence-corrected chi connectivity index (χ3v) is 6.07. The van der Waals surface area contributed by atoms with Crippen molar-refractivity contribution in [3.63, 3.8) is 0 Å². The lowest BCUT2D eigenvalue weighted by molar-refractivity contribution is -0.115. The van der Waals surface area contributed by atoms with Crippen molar-refractivity contribution in [3.05, 3.63) is 60.4 Å². The van der Waals surface area contributed by atoms with Crippen LogP contribution in [0.2, 0.25) is 0 Å². The monoisotopic (exact) mass is 420 g/mol. The first kappa shape index (κ1) is 20.0. The van der Waals surface area contributed by atoms with Crippen LogP contribution in [0.15, 0.2) is 54.9 Å². The molecule has 7 nitrogen and oxygen atoms in total. The molecule has 7 heteroatoms. The number of nitrogens with one attached hydrogen (secondary N) is 1. The molecule has 5 rings (SSSR count). The molecular formula is C24H32N6O. The highest BCUT2D eigenvalue weighted by Crippen LogP contribution is 2.29. The smallest absolute Gasteiger partial charge is 0.246 e. The Morgan fingerprint density at radius 1 is 1.03 bits per heavy atom. The fourth-order valence-electron chi connectivity index (χ4n) is 4.42. The number of para-hydroxylation sites is 1. The molecule has 2 aromatic carbocycles. The summed E-state index contributed by atoms with van der Waals surface area (Å²) < 4.78 is 7.20. The summed E-state index contributed by atoms with van der Waals surface area (Å²) in [6.45, 7) is 11.7. The molecule has 31 heavy (non-hydrogen) atoms. The van der Waals surface area contributed by atoms with Crippen molar-refractivity contribution in [2.24, 2.45) is 5.41 Å². The fraction of sp³-hybridized carbons (Fsp3) is 0.417. The molecule has 0 amide bonds. The fourth-order valence-corrected chi connectivity index (χ4v) is 4.42. The highest BCUT2D eigenvalue weighted by atomic mass is 16.5. The van der Waals surface area contributed by atoms with Crippen LogP contribution >= 0.6 is 0 Å². The summed E-state index contributed by atoms with van der Waals surface area (Å²) in [6, 6.07) is 16.6. The molecule has 0 radical (unpaired) electrons. The van der Waals surface area contributed by atoms with Crippen LogP contribution < -0.4 is 10.2 Å². The van der Waals surface area contributed by atoms with Crippen molar-refractivity contribution >= 4 is 17.3 Å². The van der Waals surface area contributed by atoms with Crippen molar-refractivity contribution < 1.29 is 6.16 Å². The van der Waals surface area contributed by atoms with Gasteiger partial charge in [-0.2, -0.15) is 4.98 Å². The van der Waals surface area contributed by atoms with Crippen molar-refractivity contribution in [3.8, 4) is 5.69 Å². The number of hydrogen-bond donors (Lipinski definition) is 1. The lowest BCUT2D eigenvalue weighted by Crippen LogP contribution is -2.54. The Kier molecular flexibility index (Phi) is 5.38. The summed E-state index contributed by atoms with van der Waals surface area (Å²) in [4.78, 5) is 9.48. The van der Waals surface area contributed by atoms with E-state index in [-0.39, 0.29) is 1.43 Å². The van der Waals surface area contributed by atoms with Crippen molar-refractivity contribution in [1.82, 2.24) is 19.7 Å². The molecule has 2 fully saturated rings. The van der Waals surface area contributed by atoms with Crippen LogP contribution in [0.25, 0.3) is 5.69 Å². The lowest BCUT2D eigenvalue weighted by Gasteiger charge is -2.44. The molecule has 3 heterocycles. The molecule has 3 aromatic rings. The quantitative estimate of drug-likeness (QED) is 0.656. The first-order chi connectivity index (χ1) is 15.1. The van der Waals surface area contributed by atoms with Crippen molar-refractivity contribution in [2.45, 2.75) is 13.8 Å². The summed E-state index contributed by atoms with van der Waals surface area (Å²) in [7, 11) is 0. The van der Waals surface area contributed by atoms with Gasteiger partial charge in [0.15, 0.2) is 0 Å². The van der Waals surface area contributed by atoms with E-state index in [1.54, 1.807) is 11.0 Å². The Morgan fingerprint density at radius 3 is 2.52 bits per heavy atom. The first-order valence-corrected chi connectivity index (χ1v) is 11.0. The largest absolute Gasteiger partial charge is 0.380 e. The second-order valence-electron chi connectivity index (χ2n) is 9.10. The van der Waals surface area contributed by atoms with Crippen LogP contribution in [-0.4, -0.2) is 65.6 Å². The number of hydrogen-bond acceptors (Lipinski definition) is 6. The van der Waals surface area contributed by atoms with Gasteiger partial charge in [0.05, 0.1) is 18.9 Å². The molecule has 0 spiro atoms. The van der Waals surface area contributed by atoms with Gasteiger partial charge in [-0.25, -0.2) is 4.68 Å². The summed E-state index contributed by atoms with van der Waals surface area (Å²) in [6.07, 6.45) is 1.74. The number of aromatic nitrogens is 3. The molecule has 0 saturated carbocycles. The van der Waals surface area contributed by atoms with E-state index in [4.69, 9.17) is 4.74 Å². The molecule has 2 aliphatic heterocycles. The number of nitrogens with zero attached hydrogens (tertiary/aromatic N) is 5. The number of anilines is 3. The van der Waals surface area contributed by atoms with Gasteiger partial charge in [-0.05, 0) is 42.8 Å². The molecule has 2 aliphatic rings. The SMILES string of the molecule is Cc1cc(Nc2ncn(-c3ccccc3)n2)cc(N2CCN(CC3(C)COC3)CC2)c1.[HH]. The number of aryl methyl sites for hydroxylation is 1. The van der Waals surface area contributed by atoms with E-state index in [1.165, 1.54) is 11.3 Å². The normalized spacial score (nSPS) is 18.6. The summed E-state index contributed by atoms with van der Waals surface area (Å²) >= 11 is 0. The second-order valence-corrected chi connectivity index (χ2v) is 9.10. The Labute approximate surface area is 185 Å². The van der Waals surface area contributed by atoms with E-state index in [9.17, 15) is 0 Å². The summed E-state index contributed by atoms with van der Waals surface area (Å²) in [5.74, 6) is 0.598. The van der Waals surface area contributed by atoms with Crippen LogP contribution in [0.5, 0.6) is 0 Å². The molecule has 1 aromatic heterocycles. The molecular weight excluding hydrogens is 388 g/mol. The Bertz CT molecular complexity index is 1030. The maximum absolute atomic E-state index is 5.42. The number of rotatable bonds is 6. The Morgan fingerprint density at radius 2 is 1.81 bits per heavy atom. The van der Waals surface area contributed by atoms with Gasteiger partial charge in [0.25, 0.3) is 0 Å². The van der Waals surface area contributed by atoms with Gasteiger partial charge in [-0.15, -0.1) is 5.10 Å². The molecule has 164 valence electrons. The predicted octanol–water partition coefficient (Wildman–Crippen LogP) is 3.72. The third-order valence-electron chi connectivity index (χ3n) is 6.07. The maximum atomic E-state index is 5.42. The molecule has 2 saturated heterocycles. The van der Waals surface area contributed by atoms with Crippen LogP contribution in [0.4, 0.5) is 17.3 Å². The minimum Gasteiger partial charge on any atom is -0.380 e. The van der Waals surface area contributed by atoms with Gasteiger partial charge in [0, 0.05) is 50.9 Å². The molecule has 0 bridgehead atoms. The Hall–Kier alpha value is -2.90. The summed E-state index contributed by atoms with van der Waals surface area (Å²) in [5, 5.41) is 7.94. The maximum Gasteiger partial charge on any atom is 0.246 e. The molecule has 0 aliphatic carbocycles. The molecule has 0 unspecified atom stereocenters. The minimum atomic E-state index is 0. The standard InChI is InChI=1S/C24H30N6O.H2/c1-19-12-20(26-23-25-18-30(27-23)21-6-4-3-5-7-21)14-22(13-19)29-10-8-28(9-11-29)15-24(2)16-31-17-24;/h3-7,12-14,18H,8-11,15-17H2,1-2H3,(H,26,27);1H. The van der Waals surface area contributed by atoms with E-state index in [0.29, 0.717) is 11.4 Å². The average Bonchev–Trinajstić information content (AvgIpc) is 3.22. The van der Waals surface area contributed by atoms with Gasteiger partial charge >= 0.3 is 0 Å². The van der Waals surface area contributed by atoms with Gasteiger partial charge in [-0.3, -0.25) is 4.90 Å². The average molecular weight is 421 g/mol. The lowest BCUT2D eigenvalue weighted by atomic mass is 9.88. The zero-order valence-corrected chi connectivity index (χ0v) is 18.3. The van der Waals surface area contributed by atoms with Gasteiger partial charge in [0.2, 0.25) is 5.95 Å². The van der Waals surface area contributed by atoms with E-state index < -0.39 is 0 Å². The number of benzene rings is 2. The number of ether oxygens (including phenoxy) is 1. The molecule has 0 atom stereocenters. The van der Waals surface area contributed by atoms with Gasteiger partial charge in [-0.1, -0.05) is 25.1 Å². The highest BCUT2D eigenvalue weighted by Gasteiger charge is 2.35. The Balaban J connectivity index is 0.00000245. The van der Waals surface area contributed by atoms with Crippen molar-refractivity contribution in [1.29, 1.82) is 0 Å². The zero-order chi connectivity index (χ0) is 21.3. The van der Waals surface area contributed by atoms with E-state index in [0.717, 1.165) is 57.3 Å². The second kappa shape index (κ2) is 8.32. The van der Waals surface area contributed by atoms with Crippen LogP contribution in [0.3, 0.4) is 0 Å². The summed E-state index contributed by atoms with van der Waals surface area (Å²) in [5.41, 5.74) is 4.83. The van der Waals surface area contributed by atoms with Gasteiger partial charge in [0.1, 0.15) is 6.33 Å². The van der Waals surface area contributed by atoms with Crippen LogP contribution in [0, 0.1) is 12.3 Å². The topological polar surface area (TPSA) is 58.5 Å². The first-order valence-electron chi connectivity index (χ1n) is 11.0. The predicted molar refractivity (Wildman–Crippen MR) is 126 cm³/mol.